The van der Waals surface area contributed by atoms with Gasteiger partial charge in [-0.2, -0.15) is 0 Å². The minimum absolute atomic E-state index is 0.0785. The number of amides is 1. The number of para-hydroxylation sites is 1. The maximum Gasteiger partial charge on any atom is 0.262 e. The molecule has 3 rings (SSSR count). The number of rotatable bonds is 6. The van der Waals surface area contributed by atoms with Crippen LogP contribution in [0, 0.1) is 0 Å². The molecule has 0 bridgehead atoms. The van der Waals surface area contributed by atoms with Crippen LogP contribution >= 0.6 is 15.9 Å². The first kappa shape index (κ1) is 17.0. The van der Waals surface area contributed by atoms with Crippen molar-refractivity contribution < 1.29 is 14.3 Å². The summed E-state index contributed by atoms with van der Waals surface area (Å²) in [6.45, 7) is -0.0785. The van der Waals surface area contributed by atoms with Gasteiger partial charge in [0.05, 0.1) is 0 Å². The van der Waals surface area contributed by atoms with Gasteiger partial charge in [-0.1, -0.05) is 40.2 Å². The number of benzene rings is 3. The summed E-state index contributed by atoms with van der Waals surface area (Å²) in [4.78, 5) is 12.0. The first-order chi connectivity index (χ1) is 12.2. The Morgan fingerprint density at radius 2 is 1.52 bits per heavy atom. The van der Waals surface area contributed by atoms with Crippen molar-refractivity contribution in [2.45, 2.75) is 0 Å². The summed E-state index contributed by atoms with van der Waals surface area (Å²) in [5.41, 5.74) is 0.720. The van der Waals surface area contributed by atoms with Crippen LogP contribution in [-0.2, 0) is 4.79 Å². The number of carbonyl (C=O) groups excluding carboxylic acids is 1. The van der Waals surface area contributed by atoms with Gasteiger partial charge in [-0.25, -0.2) is 0 Å². The second-order valence-corrected chi connectivity index (χ2v) is 6.15. The first-order valence-electron chi connectivity index (χ1n) is 7.70. The lowest BCUT2D eigenvalue weighted by Gasteiger charge is -2.10. The highest BCUT2D eigenvalue weighted by molar-refractivity contribution is 9.10. The van der Waals surface area contributed by atoms with Crippen LogP contribution in [0.25, 0.3) is 0 Å². The lowest BCUT2D eigenvalue weighted by Crippen LogP contribution is -2.20. The Hall–Kier alpha value is -2.79. The molecule has 5 heteroatoms. The summed E-state index contributed by atoms with van der Waals surface area (Å²) in [7, 11) is 0. The number of hydrogen-bond donors (Lipinski definition) is 1. The minimum Gasteiger partial charge on any atom is -0.484 e. The molecule has 0 saturated carbocycles. The van der Waals surface area contributed by atoms with Gasteiger partial charge in [0, 0.05) is 16.2 Å². The highest BCUT2D eigenvalue weighted by Gasteiger charge is 2.05. The molecular weight excluding hydrogens is 382 g/mol. The average molecular weight is 398 g/mol. The van der Waals surface area contributed by atoms with E-state index >= 15 is 0 Å². The van der Waals surface area contributed by atoms with E-state index in [9.17, 15) is 4.79 Å². The zero-order valence-corrected chi connectivity index (χ0v) is 14.9. The maximum absolute atomic E-state index is 12.0. The zero-order valence-electron chi connectivity index (χ0n) is 13.3. The highest BCUT2D eigenvalue weighted by atomic mass is 79.9. The molecule has 0 heterocycles. The topological polar surface area (TPSA) is 47.6 Å². The Kier molecular flexibility index (Phi) is 5.69. The van der Waals surface area contributed by atoms with Crippen molar-refractivity contribution >= 4 is 27.5 Å². The van der Waals surface area contributed by atoms with Crippen LogP contribution < -0.4 is 14.8 Å². The molecule has 3 aromatic carbocycles. The van der Waals surface area contributed by atoms with Crippen LogP contribution in [0.15, 0.2) is 83.3 Å². The molecule has 0 aromatic heterocycles. The predicted molar refractivity (Wildman–Crippen MR) is 101 cm³/mol. The minimum atomic E-state index is -0.225. The lowest BCUT2D eigenvalue weighted by molar-refractivity contribution is -0.118. The Balaban J connectivity index is 1.55. The van der Waals surface area contributed by atoms with Gasteiger partial charge in [-0.15, -0.1) is 0 Å². The molecule has 0 atom stereocenters. The second-order valence-electron chi connectivity index (χ2n) is 5.23. The Bertz CT molecular complexity index is 835. The van der Waals surface area contributed by atoms with E-state index in [1.807, 2.05) is 66.7 Å². The molecule has 0 spiro atoms. The van der Waals surface area contributed by atoms with Gasteiger partial charge < -0.3 is 14.8 Å². The first-order valence-corrected chi connectivity index (χ1v) is 8.49. The molecule has 0 aliphatic carbocycles. The Labute approximate surface area is 154 Å². The van der Waals surface area contributed by atoms with E-state index < -0.39 is 0 Å². The van der Waals surface area contributed by atoms with Crippen molar-refractivity contribution in [3.05, 3.63) is 83.3 Å². The molecular formula is C20H16BrNO3. The smallest absolute Gasteiger partial charge is 0.262 e. The molecule has 126 valence electrons. The van der Waals surface area contributed by atoms with Gasteiger partial charge in [0.15, 0.2) is 6.61 Å². The van der Waals surface area contributed by atoms with Gasteiger partial charge in [0.2, 0.25) is 0 Å². The number of anilines is 1. The molecule has 1 amide bonds. The van der Waals surface area contributed by atoms with Gasteiger partial charge in [-0.05, 0) is 48.5 Å². The third kappa shape index (κ3) is 5.36. The molecule has 0 fully saturated rings. The SMILES string of the molecule is O=C(COc1cccc(Oc2ccccc2)c1)Nc1ccc(Br)cc1. The van der Waals surface area contributed by atoms with Crippen molar-refractivity contribution in [1.29, 1.82) is 0 Å². The number of hydrogen-bond acceptors (Lipinski definition) is 3. The molecule has 25 heavy (non-hydrogen) atoms. The summed E-state index contributed by atoms with van der Waals surface area (Å²) in [5, 5.41) is 2.78. The van der Waals surface area contributed by atoms with Crippen LogP contribution in [0.4, 0.5) is 5.69 Å². The Morgan fingerprint density at radius 1 is 0.840 bits per heavy atom. The van der Waals surface area contributed by atoms with Crippen molar-refractivity contribution in [1.82, 2.24) is 0 Å². The number of ether oxygens (including phenoxy) is 2. The number of nitrogens with one attached hydrogen (secondary N) is 1. The molecule has 0 aliphatic rings. The van der Waals surface area contributed by atoms with Crippen molar-refractivity contribution in [3.8, 4) is 17.2 Å². The fraction of sp³-hybridized carbons (Fsp3) is 0.0500. The summed E-state index contributed by atoms with van der Waals surface area (Å²) in [6, 6.07) is 24.0. The van der Waals surface area contributed by atoms with Crippen LogP contribution in [0.3, 0.4) is 0 Å². The zero-order chi connectivity index (χ0) is 17.5. The summed E-state index contributed by atoms with van der Waals surface area (Å²) in [5.74, 6) is 1.74. The third-order valence-electron chi connectivity index (χ3n) is 3.28. The summed E-state index contributed by atoms with van der Waals surface area (Å²) >= 11 is 3.35. The molecule has 0 unspecified atom stereocenters. The van der Waals surface area contributed by atoms with Gasteiger partial charge in [-0.3, -0.25) is 4.79 Å². The van der Waals surface area contributed by atoms with E-state index in [0.717, 1.165) is 15.9 Å². The van der Waals surface area contributed by atoms with E-state index in [-0.39, 0.29) is 12.5 Å². The fourth-order valence-corrected chi connectivity index (χ4v) is 2.40. The van der Waals surface area contributed by atoms with E-state index in [2.05, 4.69) is 21.2 Å². The van der Waals surface area contributed by atoms with E-state index in [1.54, 1.807) is 12.1 Å². The standard InChI is InChI=1S/C20H16BrNO3/c21-15-9-11-16(12-10-15)22-20(23)14-24-18-7-4-8-19(13-18)25-17-5-2-1-3-6-17/h1-13H,14H2,(H,22,23). The molecule has 0 saturated heterocycles. The largest absolute Gasteiger partial charge is 0.484 e. The van der Waals surface area contributed by atoms with Gasteiger partial charge >= 0.3 is 0 Å². The molecule has 0 radical (unpaired) electrons. The normalized spacial score (nSPS) is 10.1. The molecule has 3 aromatic rings. The van der Waals surface area contributed by atoms with Crippen molar-refractivity contribution in [3.63, 3.8) is 0 Å². The predicted octanol–water partition coefficient (Wildman–Crippen LogP) is 5.26. The second kappa shape index (κ2) is 8.35. The fourth-order valence-electron chi connectivity index (χ4n) is 2.13. The summed E-state index contributed by atoms with van der Waals surface area (Å²) < 4.78 is 12.2. The molecule has 0 aliphatic heterocycles. The number of halogens is 1. The van der Waals surface area contributed by atoms with Gasteiger partial charge in [0.1, 0.15) is 17.2 Å². The van der Waals surface area contributed by atoms with Crippen LogP contribution in [0.1, 0.15) is 0 Å². The quantitative estimate of drug-likeness (QED) is 0.616. The van der Waals surface area contributed by atoms with Crippen molar-refractivity contribution in [2.24, 2.45) is 0 Å². The maximum atomic E-state index is 12.0. The summed E-state index contributed by atoms with van der Waals surface area (Å²) in [6.07, 6.45) is 0. The molecule has 4 nitrogen and oxygen atoms in total. The van der Waals surface area contributed by atoms with Crippen LogP contribution in [-0.4, -0.2) is 12.5 Å². The highest BCUT2D eigenvalue weighted by Crippen LogP contribution is 2.25. The van der Waals surface area contributed by atoms with Gasteiger partial charge in [0.25, 0.3) is 5.91 Å². The average Bonchev–Trinajstić information content (AvgIpc) is 2.63. The molecule has 1 N–H and O–H groups in total. The third-order valence-corrected chi connectivity index (χ3v) is 3.81. The van der Waals surface area contributed by atoms with E-state index in [0.29, 0.717) is 11.5 Å². The number of carbonyl (C=O) groups is 1. The monoisotopic (exact) mass is 397 g/mol. The Morgan fingerprint density at radius 3 is 2.28 bits per heavy atom. The van der Waals surface area contributed by atoms with Crippen molar-refractivity contribution in [2.75, 3.05) is 11.9 Å². The van der Waals surface area contributed by atoms with Crippen LogP contribution in [0.5, 0.6) is 17.2 Å². The lowest BCUT2D eigenvalue weighted by atomic mass is 10.3. The van der Waals surface area contributed by atoms with E-state index in [4.69, 9.17) is 9.47 Å². The van der Waals surface area contributed by atoms with E-state index in [1.165, 1.54) is 0 Å². The van der Waals surface area contributed by atoms with Crippen LogP contribution in [0.2, 0.25) is 0 Å².